The van der Waals surface area contributed by atoms with Gasteiger partial charge in [0, 0.05) is 10.6 Å². The molecule has 0 saturated carbocycles. The van der Waals surface area contributed by atoms with Gasteiger partial charge in [-0.25, -0.2) is 14.6 Å². The van der Waals surface area contributed by atoms with E-state index in [1.165, 1.54) is 10.4 Å². The van der Waals surface area contributed by atoms with Crippen molar-refractivity contribution < 1.29 is 0 Å². The largest absolute Gasteiger partial charge is 0.340 e. The maximum atomic E-state index is 4.41. The van der Waals surface area contributed by atoms with Crippen LogP contribution in [0.25, 0.3) is 15.9 Å². The number of rotatable bonds is 3. The van der Waals surface area contributed by atoms with E-state index in [4.69, 9.17) is 0 Å². The molecule has 0 spiro atoms. The normalized spacial score (nSPS) is 11.0. The smallest absolute Gasteiger partial charge is 0.143 e. The molecule has 1 N–H and O–H groups in total. The quantitative estimate of drug-likeness (QED) is 0.624. The Hall–Kier alpha value is -2.87. The fourth-order valence-corrected chi connectivity index (χ4v) is 3.42. The summed E-state index contributed by atoms with van der Waals surface area (Å²) in [6.45, 7) is 4.20. The van der Waals surface area contributed by atoms with Crippen LogP contribution in [0.15, 0.2) is 36.9 Å². The molecule has 0 aliphatic heterocycles. The van der Waals surface area contributed by atoms with Crippen molar-refractivity contribution >= 4 is 33.1 Å². The van der Waals surface area contributed by atoms with Crippen molar-refractivity contribution in [1.82, 2.24) is 30.2 Å². The fraction of sp³-hybridized carbons (Fsp3) is 0.133. The zero-order chi connectivity index (χ0) is 15.8. The molecule has 0 amide bonds. The lowest BCUT2D eigenvalue weighted by atomic mass is 10.2. The van der Waals surface area contributed by atoms with Crippen LogP contribution < -0.4 is 5.32 Å². The molecule has 3 aromatic heterocycles. The van der Waals surface area contributed by atoms with E-state index < -0.39 is 0 Å². The van der Waals surface area contributed by atoms with Gasteiger partial charge >= 0.3 is 0 Å². The molecule has 8 heteroatoms. The van der Waals surface area contributed by atoms with Crippen LogP contribution in [0.3, 0.4) is 0 Å². The van der Waals surface area contributed by atoms with Crippen molar-refractivity contribution in [2.24, 2.45) is 0 Å². The third-order valence-corrected chi connectivity index (χ3v) is 4.80. The Bertz CT molecular complexity index is 975. The molecule has 4 rings (SSSR count). The Morgan fingerprint density at radius 3 is 2.91 bits per heavy atom. The third-order valence-electron chi connectivity index (χ3n) is 3.69. The lowest BCUT2D eigenvalue weighted by molar-refractivity contribution is 0.789. The molecule has 0 radical (unpaired) electrons. The summed E-state index contributed by atoms with van der Waals surface area (Å²) in [6, 6.07) is 7.84. The molecule has 0 aliphatic rings. The van der Waals surface area contributed by atoms with E-state index in [1.807, 2.05) is 24.3 Å². The number of thiophene rings is 1. The highest BCUT2D eigenvalue weighted by Crippen LogP contribution is 2.33. The van der Waals surface area contributed by atoms with Crippen LogP contribution in [-0.4, -0.2) is 30.2 Å². The van der Waals surface area contributed by atoms with E-state index in [0.29, 0.717) is 0 Å². The molecule has 4 aromatic rings. The molecule has 0 saturated heterocycles. The van der Waals surface area contributed by atoms with Crippen molar-refractivity contribution in [2.45, 2.75) is 13.8 Å². The minimum absolute atomic E-state index is 0.811. The zero-order valence-corrected chi connectivity index (χ0v) is 13.4. The van der Waals surface area contributed by atoms with Crippen LogP contribution in [0, 0.1) is 13.8 Å². The first-order chi connectivity index (χ1) is 11.2. The highest BCUT2D eigenvalue weighted by atomic mass is 32.1. The van der Waals surface area contributed by atoms with Gasteiger partial charge in [-0.3, -0.25) is 0 Å². The Kier molecular flexibility index (Phi) is 3.23. The minimum Gasteiger partial charge on any atom is -0.340 e. The predicted molar refractivity (Wildman–Crippen MR) is 89.3 cm³/mol. The van der Waals surface area contributed by atoms with Gasteiger partial charge in [0.25, 0.3) is 0 Å². The van der Waals surface area contributed by atoms with Gasteiger partial charge < -0.3 is 5.32 Å². The van der Waals surface area contributed by atoms with E-state index in [9.17, 15) is 0 Å². The number of tetrazole rings is 1. The van der Waals surface area contributed by atoms with Gasteiger partial charge in [0.15, 0.2) is 0 Å². The van der Waals surface area contributed by atoms with Crippen LogP contribution in [0.1, 0.15) is 10.4 Å². The number of aryl methyl sites for hydroxylation is 2. The van der Waals surface area contributed by atoms with Crippen LogP contribution in [0.5, 0.6) is 0 Å². The van der Waals surface area contributed by atoms with E-state index in [0.717, 1.165) is 27.4 Å². The lowest BCUT2D eigenvalue weighted by Crippen LogP contribution is -1.99. The van der Waals surface area contributed by atoms with Crippen molar-refractivity contribution in [1.29, 1.82) is 0 Å². The molecule has 0 aliphatic carbocycles. The summed E-state index contributed by atoms with van der Waals surface area (Å²) in [5.74, 6) is 0.811. The van der Waals surface area contributed by atoms with Crippen LogP contribution in [0.2, 0.25) is 0 Å². The highest BCUT2D eigenvalue weighted by molar-refractivity contribution is 7.18. The zero-order valence-electron chi connectivity index (χ0n) is 12.6. The molecule has 0 bridgehead atoms. The lowest BCUT2D eigenvalue weighted by Gasteiger charge is -2.08. The molecule has 1 aromatic carbocycles. The van der Waals surface area contributed by atoms with Crippen molar-refractivity contribution in [3.05, 3.63) is 47.4 Å². The van der Waals surface area contributed by atoms with Gasteiger partial charge in [0.2, 0.25) is 0 Å². The number of fused-ring (bicyclic) bond motifs is 1. The van der Waals surface area contributed by atoms with Gasteiger partial charge in [-0.05, 0) is 48.0 Å². The second-order valence-electron chi connectivity index (χ2n) is 5.12. The number of benzene rings is 1. The molecular weight excluding hydrogens is 310 g/mol. The van der Waals surface area contributed by atoms with E-state index in [2.05, 4.69) is 44.7 Å². The number of nitrogens with zero attached hydrogens (tertiary/aromatic N) is 6. The fourth-order valence-electron chi connectivity index (χ4n) is 2.42. The third kappa shape index (κ3) is 2.42. The Balaban J connectivity index is 1.75. The number of hydrogen-bond donors (Lipinski definition) is 1. The number of hydrogen-bond acceptors (Lipinski definition) is 7. The van der Waals surface area contributed by atoms with Crippen molar-refractivity contribution in [3.8, 4) is 5.69 Å². The second kappa shape index (κ2) is 5.40. The molecule has 0 atom stereocenters. The summed E-state index contributed by atoms with van der Waals surface area (Å²) in [4.78, 5) is 11.0. The van der Waals surface area contributed by atoms with E-state index in [-0.39, 0.29) is 0 Å². The monoisotopic (exact) mass is 323 g/mol. The Labute approximate surface area is 136 Å². The molecular formula is C15H13N7S. The average Bonchev–Trinajstić information content (AvgIpc) is 3.18. The topological polar surface area (TPSA) is 81.4 Å². The SMILES string of the molecule is Cc1sc2ncnc(Nc3cccc(-n4cnnn4)c3)c2c1C. The molecule has 3 heterocycles. The van der Waals surface area contributed by atoms with Crippen LogP contribution in [0.4, 0.5) is 11.5 Å². The molecule has 0 fully saturated rings. The molecule has 7 nitrogen and oxygen atoms in total. The van der Waals surface area contributed by atoms with E-state index >= 15 is 0 Å². The van der Waals surface area contributed by atoms with Gasteiger partial charge in [0.05, 0.1) is 11.1 Å². The highest BCUT2D eigenvalue weighted by Gasteiger charge is 2.12. The van der Waals surface area contributed by atoms with E-state index in [1.54, 1.807) is 28.7 Å². The summed E-state index contributed by atoms with van der Waals surface area (Å²) in [5.41, 5.74) is 3.01. The van der Waals surface area contributed by atoms with Gasteiger partial charge in [-0.1, -0.05) is 6.07 Å². The summed E-state index contributed by atoms with van der Waals surface area (Å²) < 4.78 is 1.61. The van der Waals surface area contributed by atoms with Gasteiger partial charge in [0.1, 0.15) is 23.3 Å². The summed E-state index contributed by atoms with van der Waals surface area (Å²) in [6.07, 6.45) is 3.15. The first kappa shape index (κ1) is 13.8. The van der Waals surface area contributed by atoms with Crippen molar-refractivity contribution in [3.63, 3.8) is 0 Å². The Morgan fingerprint density at radius 1 is 1.17 bits per heavy atom. The predicted octanol–water partition coefficient (Wildman–Crippen LogP) is 3.03. The number of anilines is 2. The first-order valence-corrected chi connectivity index (χ1v) is 7.85. The maximum absolute atomic E-state index is 4.41. The molecule has 114 valence electrons. The van der Waals surface area contributed by atoms with Gasteiger partial charge in [-0.15, -0.1) is 16.4 Å². The molecule has 23 heavy (non-hydrogen) atoms. The van der Waals surface area contributed by atoms with Crippen LogP contribution >= 0.6 is 11.3 Å². The average molecular weight is 323 g/mol. The first-order valence-electron chi connectivity index (χ1n) is 7.03. The molecule has 0 unspecified atom stereocenters. The maximum Gasteiger partial charge on any atom is 0.143 e. The standard InChI is InChI=1S/C15H13N7S/c1-9-10(2)23-15-13(9)14(16-7-17-15)19-11-4-3-5-12(6-11)22-8-18-20-21-22/h3-8H,1-2H3,(H,16,17,19). The van der Waals surface area contributed by atoms with Crippen LogP contribution in [-0.2, 0) is 0 Å². The number of nitrogens with one attached hydrogen (secondary N) is 1. The summed E-state index contributed by atoms with van der Waals surface area (Å²) in [5, 5.41) is 15.7. The summed E-state index contributed by atoms with van der Waals surface area (Å²) in [7, 11) is 0. The number of aromatic nitrogens is 6. The minimum atomic E-state index is 0.811. The van der Waals surface area contributed by atoms with Gasteiger partial charge in [-0.2, -0.15) is 0 Å². The Morgan fingerprint density at radius 2 is 2.09 bits per heavy atom. The second-order valence-corrected chi connectivity index (χ2v) is 6.32. The van der Waals surface area contributed by atoms with Crippen molar-refractivity contribution in [2.75, 3.05) is 5.32 Å². The summed E-state index contributed by atoms with van der Waals surface area (Å²) >= 11 is 1.68.